The molecule has 0 spiro atoms. The second-order valence-electron chi connectivity index (χ2n) is 6.56. The minimum Gasteiger partial charge on any atom is -0.332 e. The average Bonchev–Trinajstić information content (AvgIpc) is 2.76. The topological polar surface area (TPSA) is 54.8 Å². The van der Waals surface area contributed by atoms with E-state index in [1.54, 1.807) is 41.0 Å². The van der Waals surface area contributed by atoms with Crippen LogP contribution in [0.15, 0.2) is 72.8 Å². The molecule has 3 aromatic carbocycles. The van der Waals surface area contributed by atoms with Gasteiger partial charge in [-0.2, -0.15) is 9.97 Å². The minimum absolute atomic E-state index is 0.295. The van der Waals surface area contributed by atoms with Gasteiger partial charge in [0.15, 0.2) is 10.9 Å². The molecule has 1 heterocycles. The van der Waals surface area contributed by atoms with Crippen LogP contribution in [0.4, 0.5) is 11.6 Å². The number of hydrogen-bond donors (Lipinski definition) is 2. The minimum atomic E-state index is 0.295. The summed E-state index contributed by atoms with van der Waals surface area (Å²) in [6.45, 7) is 0. The molecule has 2 N–H and O–H groups in total. The fourth-order valence-corrected chi connectivity index (χ4v) is 3.70. The van der Waals surface area contributed by atoms with Crippen molar-refractivity contribution in [3.63, 3.8) is 0 Å². The van der Waals surface area contributed by atoms with Gasteiger partial charge in [0.2, 0.25) is 10.7 Å². The number of hydrogen-bond acceptors (Lipinski definition) is 4. The smallest absolute Gasteiger partial charge is 0.218 e. The lowest BCUT2D eigenvalue weighted by Crippen LogP contribution is -2.23. The summed E-state index contributed by atoms with van der Waals surface area (Å²) in [4.78, 5) is 9.18. The number of benzene rings is 3. The van der Waals surface area contributed by atoms with Gasteiger partial charge < -0.3 is 10.6 Å². The fraction of sp³-hybridized carbons (Fsp3) is 0. The van der Waals surface area contributed by atoms with E-state index in [1.807, 2.05) is 36.4 Å². The van der Waals surface area contributed by atoms with Crippen molar-refractivity contribution in [2.75, 3.05) is 10.6 Å². The van der Waals surface area contributed by atoms with E-state index in [2.05, 4.69) is 20.6 Å². The molecule has 0 unspecified atom stereocenters. The Balaban J connectivity index is 1.74. The van der Waals surface area contributed by atoms with Crippen LogP contribution >= 0.6 is 59.2 Å². The Morgan fingerprint density at radius 2 is 1.25 bits per heavy atom. The summed E-state index contributed by atoms with van der Waals surface area (Å²) in [7, 11) is 0. The van der Waals surface area contributed by atoms with E-state index in [9.17, 15) is 0 Å². The standard InChI is InChI=1S/C22H14Cl3N5S2/c23-14-3-1-13(2-4-14)19-27-20(29-21(31)26-17-9-5-15(24)6-10-17)30(22(32)28-19)18-11-7-16(25)8-12-18/h1-12H,(H2,26,27,28,29,31,32). The van der Waals surface area contributed by atoms with Crippen LogP contribution in [0.5, 0.6) is 0 Å². The van der Waals surface area contributed by atoms with Crippen LogP contribution in [0, 0.1) is 4.77 Å². The summed E-state index contributed by atoms with van der Waals surface area (Å²) in [6.07, 6.45) is 0. The molecular weight excluding hydrogens is 505 g/mol. The first kappa shape index (κ1) is 22.6. The highest BCUT2D eigenvalue weighted by Crippen LogP contribution is 2.23. The molecule has 32 heavy (non-hydrogen) atoms. The molecule has 4 aromatic rings. The highest BCUT2D eigenvalue weighted by atomic mass is 35.5. The second kappa shape index (κ2) is 9.94. The van der Waals surface area contributed by atoms with E-state index in [1.165, 1.54) is 0 Å². The number of anilines is 2. The van der Waals surface area contributed by atoms with Crippen molar-refractivity contribution in [3.05, 3.63) is 92.6 Å². The lowest BCUT2D eigenvalue weighted by Gasteiger charge is -2.17. The van der Waals surface area contributed by atoms with Gasteiger partial charge in [-0.05, 0) is 97.2 Å². The van der Waals surface area contributed by atoms with Crippen LogP contribution in [-0.2, 0) is 0 Å². The maximum atomic E-state index is 6.05. The predicted octanol–water partition coefficient (Wildman–Crippen LogP) is 7.43. The monoisotopic (exact) mass is 517 g/mol. The largest absolute Gasteiger partial charge is 0.332 e. The molecule has 160 valence electrons. The van der Waals surface area contributed by atoms with Crippen molar-refractivity contribution in [2.45, 2.75) is 0 Å². The Morgan fingerprint density at radius 1 is 0.719 bits per heavy atom. The van der Waals surface area contributed by atoms with Crippen LogP contribution in [0.25, 0.3) is 17.1 Å². The Hall–Kier alpha value is -2.55. The quantitative estimate of drug-likeness (QED) is 0.274. The van der Waals surface area contributed by atoms with Crippen molar-refractivity contribution in [2.24, 2.45) is 0 Å². The normalized spacial score (nSPS) is 10.6. The van der Waals surface area contributed by atoms with E-state index < -0.39 is 0 Å². The molecule has 0 radical (unpaired) electrons. The zero-order valence-corrected chi connectivity index (χ0v) is 20.1. The van der Waals surface area contributed by atoms with Crippen molar-refractivity contribution >= 4 is 76.0 Å². The van der Waals surface area contributed by atoms with E-state index in [0.717, 1.165) is 16.9 Å². The van der Waals surface area contributed by atoms with E-state index in [4.69, 9.17) is 59.2 Å². The zero-order chi connectivity index (χ0) is 22.7. The number of aromatic nitrogens is 3. The van der Waals surface area contributed by atoms with Crippen molar-refractivity contribution in [3.8, 4) is 17.1 Å². The number of nitrogens with one attached hydrogen (secondary N) is 2. The molecule has 0 bridgehead atoms. The third-order valence-electron chi connectivity index (χ3n) is 4.33. The average molecular weight is 519 g/mol. The maximum Gasteiger partial charge on any atom is 0.218 e. The van der Waals surface area contributed by atoms with Crippen molar-refractivity contribution < 1.29 is 0 Å². The first-order chi connectivity index (χ1) is 15.4. The van der Waals surface area contributed by atoms with Gasteiger partial charge in [-0.25, -0.2) is 0 Å². The molecule has 4 rings (SSSR count). The predicted molar refractivity (Wildman–Crippen MR) is 139 cm³/mol. The molecule has 5 nitrogen and oxygen atoms in total. The van der Waals surface area contributed by atoms with Gasteiger partial charge in [0.05, 0.1) is 5.69 Å². The molecule has 0 amide bonds. The molecule has 0 saturated heterocycles. The van der Waals surface area contributed by atoms with Crippen LogP contribution < -0.4 is 10.6 Å². The first-order valence-corrected chi connectivity index (χ1v) is 11.2. The summed E-state index contributed by atoms with van der Waals surface area (Å²) >= 11 is 29.1. The highest BCUT2D eigenvalue weighted by Gasteiger charge is 2.13. The molecule has 0 aliphatic carbocycles. The van der Waals surface area contributed by atoms with E-state index in [0.29, 0.717) is 36.7 Å². The van der Waals surface area contributed by atoms with E-state index >= 15 is 0 Å². The summed E-state index contributed by atoms with van der Waals surface area (Å²) in [5.41, 5.74) is 2.28. The van der Waals surface area contributed by atoms with Crippen LogP contribution in [-0.4, -0.2) is 19.6 Å². The summed E-state index contributed by atoms with van der Waals surface area (Å²) < 4.78 is 1.98. The molecule has 0 aliphatic heterocycles. The Morgan fingerprint density at radius 3 is 1.84 bits per heavy atom. The number of nitrogens with zero attached hydrogens (tertiary/aromatic N) is 3. The SMILES string of the molecule is S=C(Nc1ccc(Cl)cc1)Nc1nc(-c2ccc(Cl)cc2)nc(=S)n1-c1ccc(Cl)cc1. The lowest BCUT2D eigenvalue weighted by molar-refractivity contribution is 0.915. The van der Waals surface area contributed by atoms with Gasteiger partial charge in [-0.1, -0.05) is 34.8 Å². The molecule has 1 aromatic heterocycles. The third kappa shape index (κ3) is 5.43. The van der Waals surface area contributed by atoms with Gasteiger partial charge in [0, 0.05) is 26.3 Å². The lowest BCUT2D eigenvalue weighted by atomic mass is 10.2. The second-order valence-corrected chi connectivity index (χ2v) is 8.64. The molecular formula is C22H14Cl3N5S2. The van der Waals surface area contributed by atoms with Gasteiger partial charge in [0.1, 0.15) is 0 Å². The Bertz CT molecular complexity index is 1320. The van der Waals surface area contributed by atoms with Crippen LogP contribution in [0.1, 0.15) is 0 Å². The van der Waals surface area contributed by atoms with Gasteiger partial charge in [0.25, 0.3) is 0 Å². The maximum absolute atomic E-state index is 6.05. The Kier molecular flexibility index (Phi) is 7.03. The summed E-state index contributed by atoms with van der Waals surface area (Å²) in [5, 5.41) is 8.41. The van der Waals surface area contributed by atoms with Gasteiger partial charge in [-0.3, -0.25) is 4.57 Å². The molecule has 0 atom stereocenters. The molecule has 10 heteroatoms. The fourth-order valence-electron chi connectivity index (χ4n) is 2.84. The highest BCUT2D eigenvalue weighted by molar-refractivity contribution is 7.80. The van der Waals surface area contributed by atoms with Crippen molar-refractivity contribution in [1.29, 1.82) is 0 Å². The molecule has 0 aliphatic rings. The third-order valence-corrected chi connectivity index (χ3v) is 5.57. The van der Waals surface area contributed by atoms with Crippen LogP contribution in [0.2, 0.25) is 15.1 Å². The van der Waals surface area contributed by atoms with Crippen molar-refractivity contribution in [1.82, 2.24) is 14.5 Å². The number of halogens is 3. The van der Waals surface area contributed by atoms with Gasteiger partial charge in [-0.15, -0.1) is 0 Å². The first-order valence-electron chi connectivity index (χ1n) is 9.25. The Labute approximate surface area is 210 Å². The molecule has 0 fully saturated rings. The summed E-state index contributed by atoms with van der Waals surface area (Å²) in [5.74, 6) is 0.831. The van der Waals surface area contributed by atoms with Crippen LogP contribution in [0.3, 0.4) is 0 Å². The zero-order valence-electron chi connectivity index (χ0n) is 16.2. The summed E-state index contributed by atoms with van der Waals surface area (Å²) in [6, 6.07) is 21.5. The number of thiocarbonyl (C=S) groups is 1. The van der Waals surface area contributed by atoms with Gasteiger partial charge >= 0.3 is 0 Å². The number of rotatable bonds is 4. The van der Waals surface area contributed by atoms with E-state index in [-0.39, 0.29) is 0 Å². The molecule has 0 saturated carbocycles.